The first-order valence-electron chi connectivity index (χ1n) is 1.94. The molecule has 5 nitrogen and oxygen atoms in total. The molecule has 0 saturated heterocycles. The molecule has 0 aromatic carbocycles. The Balaban J connectivity index is 3.32. The van der Waals surface area contributed by atoms with E-state index in [1.165, 1.54) is 0 Å². The topological polar surface area (TPSA) is 73.1 Å². The third-order valence-electron chi connectivity index (χ3n) is 0.652. The van der Waals surface area contributed by atoms with E-state index in [1.807, 2.05) is 0 Å². The van der Waals surface area contributed by atoms with Crippen LogP contribution in [0, 0.1) is 0 Å². The van der Waals surface area contributed by atoms with Gasteiger partial charge in [-0.3, -0.25) is 0 Å². The molecule has 0 aliphatic carbocycles. The van der Waals surface area contributed by atoms with E-state index >= 15 is 0 Å². The third-order valence-corrected chi connectivity index (χ3v) is 2.18. The molecule has 0 aliphatic heterocycles. The molecule has 8 heteroatoms. The number of halogens is 2. The minimum absolute atomic E-state index is 0.366. The van der Waals surface area contributed by atoms with Crippen molar-refractivity contribution in [2.24, 2.45) is 0 Å². The van der Waals surface area contributed by atoms with Gasteiger partial charge in [0.1, 0.15) is 0 Å². The van der Waals surface area contributed by atoms with Crippen LogP contribution in [-0.4, -0.2) is 18.7 Å². The summed E-state index contributed by atoms with van der Waals surface area (Å²) >= 11 is 5.19. The van der Waals surface area contributed by atoms with Crippen LogP contribution in [0.3, 0.4) is 0 Å². The number of hydrogen-bond acceptors (Lipinski definition) is 5. The zero-order chi connectivity index (χ0) is 7.78. The fourth-order valence-electron chi connectivity index (χ4n) is 0.315. The summed E-state index contributed by atoms with van der Waals surface area (Å²) in [5.41, 5.74) is 0. The summed E-state index contributed by atoms with van der Waals surface area (Å²) in [4.78, 5) is 0. The van der Waals surface area contributed by atoms with E-state index in [4.69, 9.17) is 22.3 Å². The van der Waals surface area contributed by atoms with Crippen LogP contribution in [0.25, 0.3) is 0 Å². The van der Waals surface area contributed by atoms with Crippen molar-refractivity contribution in [1.29, 1.82) is 0 Å². The predicted molar refractivity (Wildman–Crippen MR) is 32.3 cm³/mol. The van der Waals surface area contributed by atoms with Crippen molar-refractivity contribution in [3.63, 3.8) is 0 Å². The van der Waals surface area contributed by atoms with Gasteiger partial charge in [-0.15, -0.1) is 0 Å². The van der Waals surface area contributed by atoms with Crippen LogP contribution in [0.2, 0.25) is 5.15 Å². The molecule has 0 amide bonds. The van der Waals surface area contributed by atoms with Gasteiger partial charge in [-0.25, -0.2) is 13.0 Å². The molecule has 10 heavy (non-hydrogen) atoms. The Kier molecular flexibility index (Phi) is 1.84. The Morgan fingerprint density at radius 3 is 2.20 bits per heavy atom. The van der Waals surface area contributed by atoms with Crippen LogP contribution in [-0.2, 0) is 9.05 Å². The van der Waals surface area contributed by atoms with Crippen molar-refractivity contribution in [2.75, 3.05) is 0 Å². The zero-order valence-electron chi connectivity index (χ0n) is 4.28. The van der Waals surface area contributed by atoms with Gasteiger partial charge in [0.05, 0.1) is 0 Å². The summed E-state index contributed by atoms with van der Waals surface area (Å²) in [6, 6.07) is 0. The molecule has 0 radical (unpaired) electrons. The van der Waals surface area contributed by atoms with E-state index in [2.05, 4.69) is 14.9 Å². The molecule has 0 saturated carbocycles. The van der Waals surface area contributed by atoms with Crippen molar-refractivity contribution < 1.29 is 13.0 Å². The van der Waals surface area contributed by atoms with Gasteiger partial charge in [-0.1, -0.05) is 11.6 Å². The smallest absolute Gasteiger partial charge is 0.242 e. The second kappa shape index (κ2) is 2.37. The standard InChI is InChI=1S/C2Cl2N2O3S/c3-1-2(6-9-5-1)10(4,7)8. The average Bonchev–Trinajstić information content (AvgIpc) is 2.11. The molecule has 56 valence electrons. The van der Waals surface area contributed by atoms with E-state index in [-0.39, 0.29) is 5.15 Å². The van der Waals surface area contributed by atoms with E-state index in [0.717, 1.165) is 0 Å². The Morgan fingerprint density at radius 1 is 1.40 bits per heavy atom. The summed E-state index contributed by atoms with van der Waals surface area (Å²) in [6.07, 6.45) is 0. The first-order valence-corrected chi connectivity index (χ1v) is 4.63. The van der Waals surface area contributed by atoms with Gasteiger partial charge in [0.25, 0.3) is 14.1 Å². The monoisotopic (exact) mass is 202 g/mol. The summed E-state index contributed by atoms with van der Waals surface area (Å²) in [5.74, 6) is 0. The van der Waals surface area contributed by atoms with E-state index in [1.54, 1.807) is 0 Å². The first-order chi connectivity index (χ1) is 4.52. The molecule has 1 aromatic heterocycles. The van der Waals surface area contributed by atoms with Crippen LogP contribution in [0.5, 0.6) is 0 Å². The van der Waals surface area contributed by atoms with Crippen molar-refractivity contribution in [2.45, 2.75) is 5.03 Å². The summed E-state index contributed by atoms with van der Waals surface area (Å²) in [7, 11) is 0.913. The van der Waals surface area contributed by atoms with E-state index in [0.29, 0.717) is 0 Å². The van der Waals surface area contributed by atoms with E-state index < -0.39 is 14.1 Å². The molecule has 0 atom stereocenters. The summed E-state index contributed by atoms with van der Waals surface area (Å²) in [5, 5.41) is 5.02. The van der Waals surface area contributed by atoms with E-state index in [9.17, 15) is 8.42 Å². The first kappa shape index (κ1) is 7.77. The van der Waals surface area contributed by atoms with Crippen molar-refractivity contribution >= 4 is 31.3 Å². The van der Waals surface area contributed by atoms with Gasteiger partial charge < -0.3 is 0 Å². The van der Waals surface area contributed by atoms with Crippen molar-refractivity contribution in [3.05, 3.63) is 5.15 Å². The largest absolute Gasteiger partial charge is 0.285 e. The fourth-order valence-corrected chi connectivity index (χ4v) is 1.47. The minimum Gasteiger partial charge on any atom is -0.242 e. The molecular weight excluding hydrogens is 203 g/mol. The quantitative estimate of drug-likeness (QED) is 0.626. The highest BCUT2D eigenvalue weighted by Crippen LogP contribution is 2.19. The lowest BCUT2D eigenvalue weighted by atomic mass is 10.9. The third kappa shape index (κ3) is 1.39. The van der Waals surface area contributed by atoms with Gasteiger partial charge in [-0.2, -0.15) is 0 Å². The summed E-state index contributed by atoms with van der Waals surface area (Å²) in [6.45, 7) is 0. The average molecular weight is 203 g/mol. The normalized spacial score (nSPS) is 11.8. The highest BCUT2D eigenvalue weighted by atomic mass is 35.7. The maximum absolute atomic E-state index is 10.4. The Bertz CT molecular complexity index is 330. The molecule has 1 rings (SSSR count). The molecule has 0 spiro atoms. The van der Waals surface area contributed by atoms with Crippen LogP contribution >= 0.6 is 22.3 Å². The second-order valence-corrected chi connectivity index (χ2v) is 4.14. The maximum atomic E-state index is 10.4. The number of nitrogens with zero attached hydrogens (tertiary/aromatic N) is 2. The summed E-state index contributed by atoms with van der Waals surface area (Å²) < 4.78 is 24.8. The number of aromatic nitrogens is 2. The van der Waals surface area contributed by atoms with Gasteiger partial charge in [-0.05, 0) is 10.3 Å². The Labute approximate surface area is 65.3 Å². The van der Waals surface area contributed by atoms with Crippen molar-refractivity contribution in [1.82, 2.24) is 10.3 Å². The minimum atomic E-state index is -3.92. The lowest BCUT2D eigenvalue weighted by Gasteiger charge is -1.81. The lowest BCUT2D eigenvalue weighted by molar-refractivity contribution is 0.298. The molecular formula is C2Cl2N2O3S. The number of hydrogen-bond donors (Lipinski definition) is 0. The van der Waals surface area contributed by atoms with Crippen LogP contribution in [0.1, 0.15) is 0 Å². The van der Waals surface area contributed by atoms with Crippen LogP contribution in [0.15, 0.2) is 9.65 Å². The molecule has 1 aromatic rings. The molecule has 0 aliphatic rings. The molecule has 0 N–H and O–H groups in total. The Morgan fingerprint density at radius 2 is 2.00 bits per heavy atom. The zero-order valence-corrected chi connectivity index (χ0v) is 6.61. The fraction of sp³-hybridized carbons (Fsp3) is 0. The second-order valence-electron chi connectivity index (χ2n) is 1.30. The predicted octanol–water partition coefficient (Wildman–Crippen LogP) is 0.651. The molecule has 0 bridgehead atoms. The van der Waals surface area contributed by atoms with Gasteiger partial charge in [0, 0.05) is 10.7 Å². The Hall–Kier alpha value is -0.330. The molecule has 0 fully saturated rings. The van der Waals surface area contributed by atoms with Gasteiger partial charge >= 0.3 is 0 Å². The van der Waals surface area contributed by atoms with Gasteiger partial charge in [0.2, 0.25) is 5.15 Å². The lowest BCUT2D eigenvalue weighted by Crippen LogP contribution is -1.90. The highest BCUT2D eigenvalue weighted by molar-refractivity contribution is 8.13. The molecule has 0 unspecified atom stereocenters. The van der Waals surface area contributed by atoms with Gasteiger partial charge in [0.15, 0.2) is 0 Å². The molecule has 1 heterocycles. The van der Waals surface area contributed by atoms with Crippen LogP contribution in [0.4, 0.5) is 0 Å². The van der Waals surface area contributed by atoms with Crippen LogP contribution < -0.4 is 0 Å². The number of rotatable bonds is 1. The SMILES string of the molecule is O=S(=O)(Cl)c1nonc1Cl. The highest BCUT2D eigenvalue weighted by Gasteiger charge is 2.20. The maximum Gasteiger partial charge on any atom is 0.285 e. The van der Waals surface area contributed by atoms with Crippen molar-refractivity contribution in [3.8, 4) is 0 Å².